The van der Waals surface area contributed by atoms with Crippen molar-refractivity contribution in [1.82, 2.24) is 0 Å². The average molecular weight is 303 g/mol. The Kier molecular flexibility index (Phi) is 6.62. The molecule has 4 atom stereocenters. The molecular weight excluding hydrogens is 270 g/mol. The van der Waals surface area contributed by atoms with E-state index in [1.807, 2.05) is 48.5 Å². The lowest BCUT2D eigenvalue weighted by Crippen LogP contribution is -2.44. The largest absolute Gasteiger partial charge is 0.373 e. The van der Waals surface area contributed by atoms with Crippen LogP contribution in [0.3, 0.4) is 0 Å². The van der Waals surface area contributed by atoms with Crippen LogP contribution in [-0.4, -0.2) is 55.4 Å². The zero-order valence-electron chi connectivity index (χ0n) is 14.6. The Morgan fingerprint density at radius 2 is 1.62 bits per heavy atom. The molecule has 126 valence electrons. The fraction of sp³-hybridized carbons (Fsp3) is 1.00. The van der Waals surface area contributed by atoms with Crippen molar-refractivity contribution in [3.63, 3.8) is 0 Å². The van der Waals surface area contributed by atoms with Gasteiger partial charge in [0.05, 0.1) is 30.5 Å². The lowest BCUT2D eigenvalue weighted by Gasteiger charge is -2.32. The van der Waals surface area contributed by atoms with E-state index in [2.05, 4.69) is 0 Å². The number of nitrogens with two attached hydrogens (primary N) is 1. The van der Waals surface area contributed by atoms with Gasteiger partial charge < -0.3 is 24.7 Å². The normalized spacial score (nSPS) is 30.9. The molecule has 0 aromatic carbocycles. The van der Waals surface area contributed by atoms with E-state index in [1.165, 1.54) is 0 Å². The number of hydrogen-bond donors (Lipinski definition) is 1. The zero-order valence-corrected chi connectivity index (χ0v) is 14.6. The first-order valence-corrected chi connectivity index (χ1v) is 7.82. The smallest absolute Gasteiger partial charge is 0.115 e. The molecule has 5 heteroatoms. The van der Waals surface area contributed by atoms with Crippen molar-refractivity contribution in [2.24, 2.45) is 5.73 Å². The maximum atomic E-state index is 6.19. The van der Waals surface area contributed by atoms with Crippen molar-refractivity contribution >= 4 is 0 Å². The molecule has 0 amide bonds. The highest BCUT2D eigenvalue weighted by molar-refractivity contribution is 4.93. The van der Waals surface area contributed by atoms with Gasteiger partial charge in [-0.05, 0) is 48.5 Å². The summed E-state index contributed by atoms with van der Waals surface area (Å²) in [7, 11) is 0. The summed E-state index contributed by atoms with van der Waals surface area (Å²) < 4.78 is 23.9. The molecule has 5 nitrogen and oxygen atoms in total. The summed E-state index contributed by atoms with van der Waals surface area (Å²) in [6.07, 6.45) is -0.408. The molecule has 0 radical (unpaired) electrons. The van der Waals surface area contributed by atoms with E-state index in [1.54, 1.807) is 0 Å². The second kappa shape index (κ2) is 7.38. The molecule has 2 N–H and O–H groups in total. The van der Waals surface area contributed by atoms with Gasteiger partial charge in [-0.25, -0.2) is 0 Å². The van der Waals surface area contributed by atoms with Crippen molar-refractivity contribution < 1.29 is 18.9 Å². The standard InChI is InChI=1S/C16H33NO4/c1-11-13(18-9-8-17)14(21-16(5,6)7)12(20-11)10-19-15(2,3)4/h11-14H,8-10,17H2,1-7H3/t11-,12+,13?,14-/m0/s1. The summed E-state index contributed by atoms with van der Waals surface area (Å²) in [5.41, 5.74) is 5.08. The molecule has 0 aliphatic carbocycles. The topological polar surface area (TPSA) is 62.9 Å². The van der Waals surface area contributed by atoms with Gasteiger partial charge in [0.2, 0.25) is 0 Å². The average Bonchev–Trinajstić information content (AvgIpc) is 2.58. The first kappa shape index (κ1) is 18.8. The molecule has 1 unspecified atom stereocenters. The monoisotopic (exact) mass is 303 g/mol. The maximum Gasteiger partial charge on any atom is 0.115 e. The van der Waals surface area contributed by atoms with Crippen LogP contribution >= 0.6 is 0 Å². The third-order valence-electron chi connectivity index (χ3n) is 3.14. The van der Waals surface area contributed by atoms with Crippen molar-refractivity contribution in [3.8, 4) is 0 Å². The van der Waals surface area contributed by atoms with E-state index < -0.39 is 0 Å². The van der Waals surface area contributed by atoms with Crippen molar-refractivity contribution in [2.45, 2.75) is 84.1 Å². The van der Waals surface area contributed by atoms with Gasteiger partial charge in [0.25, 0.3) is 0 Å². The molecule has 1 saturated heterocycles. The molecule has 1 aliphatic heterocycles. The lowest BCUT2D eigenvalue weighted by molar-refractivity contribution is -0.143. The number of rotatable bonds is 6. The van der Waals surface area contributed by atoms with E-state index >= 15 is 0 Å². The fourth-order valence-corrected chi connectivity index (χ4v) is 2.36. The van der Waals surface area contributed by atoms with Gasteiger partial charge in [-0.2, -0.15) is 0 Å². The second-order valence-electron chi connectivity index (χ2n) is 7.62. The van der Waals surface area contributed by atoms with Gasteiger partial charge >= 0.3 is 0 Å². The SMILES string of the molecule is C[C@@H]1O[C@H](COC(C)(C)C)[C@H](OC(C)(C)C)C1OCCN. The molecule has 1 fully saturated rings. The Labute approximate surface area is 129 Å². The lowest BCUT2D eigenvalue weighted by atomic mass is 10.1. The fourth-order valence-electron chi connectivity index (χ4n) is 2.36. The summed E-state index contributed by atoms with van der Waals surface area (Å²) in [6, 6.07) is 0. The minimum absolute atomic E-state index is 0.0301. The molecule has 0 aromatic heterocycles. The van der Waals surface area contributed by atoms with E-state index in [4.69, 9.17) is 24.7 Å². The van der Waals surface area contributed by atoms with Crippen LogP contribution in [0.1, 0.15) is 48.5 Å². The van der Waals surface area contributed by atoms with Crippen LogP contribution in [0.25, 0.3) is 0 Å². The Bertz CT molecular complexity index is 308. The van der Waals surface area contributed by atoms with Crippen molar-refractivity contribution in [3.05, 3.63) is 0 Å². The van der Waals surface area contributed by atoms with Crippen LogP contribution in [0.15, 0.2) is 0 Å². The molecule has 0 saturated carbocycles. The molecule has 0 spiro atoms. The van der Waals surface area contributed by atoms with Crippen molar-refractivity contribution in [2.75, 3.05) is 19.8 Å². The van der Waals surface area contributed by atoms with E-state index in [0.29, 0.717) is 19.8 Å². The first-order valence-electron chi connectivity index (χ1n) is 7.82. The van der Waals surface area contributed by atoms with Gasteiger partial charge in [-0.3, -0.25) is 0 Å². The summed E-state index contributed by atoms with van der Waals surface area (Å²) in [5, 5.41) is 0. The maximum absolute atomic E-state index is 6.19. The predicted molar refractivity (Wildman–Crippen MR) is 83.5 cm³/mol. The van der Waals surface area contributed by atoms with Crippen LogP contribution in [0.4, 0.5) is 0 Å². The van der Waals surface area contributed by atoms with Gasteiger partial charge in [0.15, 0.2) is 0 Å². The van der Waals surface area contributed by atoms with E-state index in [0.717, 1.165) is 0 Å². The number of hydrogen-bond acceptors (Lipinski definition) is 5. The molecule has 0 bridgehead atoms. The minimum Gasteiger partial charge on any atom is -0.373 e. The van der Waals surface area contributed by atoms with Crippen LogP contribution in [0.5, 0.6) is 0 Å². The zero-order chi connectivity index (χ0) is 16.3. The van der Waals surface area contributed by atoms with Crippen LogP contribution in [0, 0.1) is 0 Å². The molecule has 1 aliphatic rings. The van der Waals surface area contributed by atoms with E-state index in [-0.39, 0.29) is 35.6 Å². The van der Waals surface area contributed by atoms with Gasteiger partial charge in [0.1, 0.15) is 18.3 Å². The molecule has 1 heterocycles. The highest BCUT2D eigenvalue weighted by Crippen LogP contribution is 2.30. The summed E-state index contributed by atoms with van der Waals surface area (Å²) in [5.74, 6) is 0. The highest BCUT2D eigenvalue weighted by atomic mass is 16.6. The van der Waals surface area contributed by atoms with Crippen molar-refractivity contribution in [1.29, 1.82) is 0 Å². The Balaban J connectivity index is 2.75. The van der Waals surface area contributed by atoms with Gasteiger partial charge in [-0.15, -0.1) is 0 Å². The van der Waals surface area contributed by atoms with E-state index in [9.17, 15) is 0 Å². The summed E-state index contributed by atoms with van der Waals surface area (Å²) in [4.78, 5) is 0. The number of ether oxygens (including phenoxy) is 4. The Hall–Kier alpha value is -0.200. The van der Waals surface area contributed by atoms with Gasteiger partial charge in [0, 0.05) is 6.54 Å². The molecule has 0 aromatic rings. The minimum atomic E-state index is -0.262. The van der Waals surface area contributed by atoms with Gasteiger partial charge in [-0.1, -0.05) is 0 Å². The summed E-state index contributed by atoms with van der Waals surface area (Å²) in [6.45, 7) is 15.7. The molecule has 1 rings (SSSR count). The predicted octanol–water partition coefficient (Wildman–Crippen LogP) is 2.12. The highest BCUT2D eigenvalue weighted by Gasteiger charge is 2.46. The molecule has 21 heavy (non-hydrogen) atoms. The summed E-state index contributed by atoms with van der Waals surface area (Å²) >= 11 is 0. The third-order valence-corrected chi connectivity index (χ3v) is 3.14. The van der Waals surface area contributed by atoms with Crippen LogP contribution in [0.2, 0.25) is 0 Å². The first-order chi connectivity index (χ1) is 9.53. The van der Waals surface area contributed by atoms with Crippen LogP contribution < -0.4 is 5.73 Å². The molecular formula is C16H33NO4. The Morgan fingerprint density at radius 1 is 1.00 bits per heavy atom. The Morgan fingerprint density at radius 3 is 2.10 bits per heavy atom. The second-order valence-corrected chi connectivity index (χ2v) is 7.62. The van der Waals surface area contributed by atoms with Crippen LogP contribution in [-0.2, 0) is 18.9 Å². The quantitative estimate of drug-likeness (QED) is 0.814. The third kappa shape index (κ3) is 6.61.